The number of unbranched alkanes of at least 4 members (excludes halogenated alkanes) is 2. The van der Waals surface area contributed by atoms with Crippen molar-refractivity contribution >= 4 is 46.5 Å². The Labute approximate surface area is 245 Å². The van der Waals surface area contributed by atoms with Crippen molar-refractivity contribution in [1.29, 1.82) is 0 Å². The van der Waals surface area contributed by atoms with E-state index in [9.17, 15) is 9.59 Å². The van der Waals surface area contributed by atoms with Gasteiger partial charge in [-0.15, -0.1) is 0 Å². The molecule has 0 radical (unpaired) electrons. The molecule has 0 saturated carbocycles. The standard InChI is InChI=1S/C34H34N2O2S2/c1-3-5-21-35-25-17-18-26(36-22-6-4-2)30-29(25)33(37)31-27(39-23-13-9-7-10-14-23)19-20-28(32(31)34(30)38)40-24-15-11-8-12-16-24/h7-20,35-36H,3-6,21-22H2,1-2H3. The van der Waals surface area contributed by atoms with E-state index in [1.165, 1.54) is 23.5 Å². The van der Waals surface area contributed by atoms with Crippen molar-refractivity contribution in [3.05, 3.63) is 107 Å². The summed E-state index contributed by atoms with van der Waals surface area (Å²) in [5, 5.41) is 6.92. The SMILES string of the molecule is CCCCNc1ccc(NCCCC)c2c1C(=O)c1c(Sc3ccccc3)ccc(Sc3ccccc3)c1C2=O. The number of anilines is 2. The molecule has 1 aliphatic rings. The zero-order valence-electron chi connectivity index (χ0n) is 23.0. The Balaban J connectivity index is 1.68. The summed E-state index contributed by atoms with van der Waals surface area (Å²) in [5.74, 6) is -0.201. The van der Waals surface area contributed by atoms with Gasteiger partial charge >= 0.3 is 0 Å². The van der Waals surface area contributed by atoms with Crippen LogP contribution in [-0.4, -0.2) is 24.7 Å². The Morgan fingerprint density at radius 1 is 0.525 bits per heavy atom. The van der Waals surface area contributed by atoms with Crippen molar-refractivity contribution in [2.75, 3.05) is 23.7 Å². The third kappa shape index (κ3) is 5.98. The number of hydrogen-bond acceptors (Lipinski definition) is 6. The fourth-order valence-corrected chi connectivity index (χ4v) is 6.80. The smallest absolute Gasteiger partial charge is 0.197 e. The van der Waals surface area contributed by atoms with E-state index in [0.717, 1.165) is 69.7 Å². The first-order chi connectivity index (χ1) is 19.6. The number of ketones is 2. The topological polar surface area (TPSA) is 58.2 Å². The summed E-state index contributed by atoms with van der Waals surface area (Å²) in [6.45, 7) is 5.77. The zero-order chi connectivity index (χ0) is 27.9. The lowest BCUT2D eigenvalue weighted by Gasteiger charge is -2.27. The van der Waals surface area contributed by atoms with Gasteiger partial charge in [0, 0.05) is 55.2 Å². The maximum Gasteiger partial charge on any atom is 0.197 e. The molecule has 0 aromatic heterocycles. The van der Waals surface area contributed by atoms with Crippen molar-refractivity contribution in [1.82, 2.24) is 0 Å². The molecule has 0 heterocycles. The van der Waals surface area contributed by atoms with Crippen LogP contribution < -0.4 is 10.6 Å². The number of fused-ring (bicyclic) bond motifs is 2. The highest BCUT2D eigenvalue weighted by atomic mass is 32.2. The van der Waals surface area contributed by atoms with E-state index in [-0.39, 0.29) is 11.6 Å². The van der Waals surface area contributed by atoms with Gasteiger partial charge in [-0.2, -0.15) is 0 Å². The van der Waals surface area contributed by atoms with Gasteiger partial charge in [0.2, 0.25) is 0 Å². The van der Waals surface area contributed by atoms with Crippen LogP contribution in [-0.2, 0) is 0 Å². The van der Waals surface area contributed by atoms with Crippen LogP contribution in [0.15, 0.2) is 105 Å². The minimum atomic E-state index is -0.100. The van der Waals surface area contributed by atoms with Crippen molar-refractivity contribution in [3.63, 3.8) is 0 Å². The largest absolute Gasteiger partial charge is 0.384 e. The lowest BCUT2D eigenvalue weighted by Crippen LogP contribution is -2.26. The molecule has 0 aliphatic heterocycles. The van der Waals surface area contributed by atoms with E-state index in [2.05, 4.69) is 24.5 Å². The molecule has 0 unspecified atom stereocenters. The molecule has 204 valence electrons. The summed E-state index contributed by atoms with van der Waals surface area (Å²) in [4.78, 5) is 32.8. The van der Waals surface area contributed by atoms with Crippen LogP contribution in [0, 0.1) is 0 Å². The van der Waals surface area contributed by atoms with E-state index >= 15 is 0 Å². The normalized spacial score (nSPS) is 12.2. The fourth-order valence-electron chi connectivity index (χ4n) is 4.84. The summed E-state index contributed by atoms with van der Waals surface area (Å²) in [6.07, 6.45) is 4.05. The Kier molecular flexibility index (Phi) is 9.30. The number of carbonyl (C=O) groups excluding carboxylic acids is 2. The first-order valence-electron chi connectivity index (χ1n) is 14.0. The molecule has 1 aliphatic carbocycles. The van der Waals surface area contributed by atoms with Gasteiger partial charge in [0.1, 0.15) is 0 Å². The molecule has 40 heavy (non-hydrogen) atoms. The second-order valence-electron chi connectivity index (χ2n) is 9.77. The number of carbonyl (C=O) groups is 2. The van der Waals surface area contributed by atoms with Gasteiger partial charge in [-0.25, -0.2) is 0 Å². The third-order valence-electron chi connectivity index (χ3n) is 6.88. The lowest BCUT2D eigenvalue weighted by atomic mass is 9.82. The number of benzene rings is 4. The first-order valence-corrected chi connectivity index (χ1v) is 15.6. The molecule has 4 aromatic rings. The molecule has 5 rings (SSSR count). The minimum Gasteiger partial charge on any atom is -0.384 e. The van der Waals surface area contributed by atoms with E-state index in [4.69, 9.17) is 0 Å². The number of rotatable bonds is 12. The van der Waals surface area contributed by atoms with Gasteiger partial charge in [0.05, 0.1) is 11.1 Å². The molecular formula is C34H34N2O2S2. The van der Waals surface area contributed by atoms with E-state index in [0.29, 0.717) is 22.3 Å². The summed E-state index contributed by atoms with van der Waals surface area (Å²) in [5.41, 5.74) is 3.40. The van der Waals surface area contributed by atoms with Crippen molar-refractivity contribution in [2.45, 2.75) is 59.1 Å². The highest BCUT2D eigenvalue weighted by Crippen LogP contribution is 2.45. The highest BCUT2D eigenvalue weighted by molar-refractivity contribution is 8.00. The van der Waals surface area contributed by atoms with E-state index in [1.807, 2.05) is 84.9 Å². The van der Waals surface area contributed by atoms with Gasteiger partial charge in [0.25, 0.3) is 0 Å². The molecule has 4 aromatic carbocycles. The molecule has 0 fully saturated rings. The Bertz CT molecular complexity index is 1390. The first kappa shape index (κ1) is 28.1. The minimum absolute atomic E-state index is 0.100. The maximum absolute atomic E-state index is 14.6. The third-order valence-corrected chi connectivity index (χ3v) is 9.01. The molecule has 6 heteroatoms. The summed E-state index contributed by atoms with van der Waals surface area (Å²) < 4.78 is 0. The monoisotopic (exact) mass is 566 g/mol. The van der Waals surface area contributed by atoms with Crippen LogP contribution >= 0.6 is 23.5 Å². The molecule has 0 bridgehead atoms. The Morgan fingerprint density at radius 2 is 0.925 bits per heavy atom. The molecule has 4 nitrogen and oxygen atoms in total. The van der Waals surface area contributed by atoms with Gasteiger partial charge < -0.3 is 10.6 Å². The highest BCUT2D eigenvalue weighted by Gasteiger charge is 2.37. The Morgan fingerprint density at radius 3 is 1.30 bits per heavy atom. The summed E-state index contributed by atoms with van der Waals surface area (Å²) in [6, 6.07) is 27.9. The van der Waals surface area contributed by atoms with Crippen molar-refractivity contribution < 1.29 is 9.59 Å². The zero-order valence-corrected chi connectivity index (χ0v) is 24.6. The average molecular weight is 567 g/mol. The summed E-state index contributed by atoms with van der Waals surface area (Å²) >= 11 is 3.06. The predicted molar refractivity (Wildman–Crippen MR) is 168 cm³/mol. The molecule has 0 atom stereocenters. The van der Waals surface area contributed by atoms with Crippen LogP contribution in [0.3, 0.4) is 0 Å². The van der Waals surface area contributed by atoms with Crippen LogP contribution in [0.5, 0.6) is 0 Å². The maximum atomic E-state index is 14.6. The van der Waals surface area contributed by atoms with Crippen LogP contribution in [0.4, 0.5) is 11.4 Å². The van der Waals surface area contributed by atoms with Gasteiger partial charge in [-0.05, 0) is 61.4 Å². The average Bonchev–Trinajstić information content (AvgIpc) is 2.98. The Hall–Kier alpha value is -3.48. The molecule has 0 spiro atoms. The van der Waals surface area contributed by atoms with Crippen molar-refractivity contribution in [2.24, 2.45) is 0 Å². The predicted octanol–water partition coefficient (Wildman–Crippen LogP) is 9.19. The second kappa shape index (κ2) is 13.2. The van der Waals surface area contributed by atoms with Gasteiger partial charge in [-0.3, -0.25) is 9.59 Å². The second-order valence-corrected chi connectivity index (χ2v) is 12.0. The fraction of sp³-hybridized carbons (Fsp3) is 0.235. The number of hydrogen-bond donors (Lipinski definition) is 2. The van der Waals surface area contributed by atoms with Crippen LogP contribution in [0.25, 0.3) is 0 Å². The van der Waals surface area contributed by atoms with E-state index < -0.39 is 0 Å². The quantitative estimate of drug-likeness (QED) is 0.147. The van der Waals surface area contributed by atoms with Crippen LogP contribution in [0.1, 0.15) is 71.4 Å². The molecule has 0 saturated heterocycles. The van der Waals surface area contributed by atoms with Crippen LogP contribution in [0.2, 0.25) is 0 Å². The molecule has 2 N–H and O–H groups in total. The van der Waals surface area contributed by atoms with Gasteiger partial charge in [-0.1, -0.05) is 86.6 Å². The van der Waals surface area contributed by atoms with E-state index in [1.54, 1.807) is 0 Å². The lowest BCUT2D eigenvalue weighted by molar-refractivity contribution is 0.0975. The number of nitrogens with one attached hydrogen (secondary N) is 2. The molecular weight excluding hydrogens is 533 g/mol. The van der Waals surface area contributed by atoms with Gasteiger partial charge in [0.15, 0.2) is 11.6 Å². The van der Waals surface area contributed by atoms with Crippen molar-refractivity contribution in [3.8, 4) is 0 Å². The molecule has 0 amide bonds. The summed E-state index contributed by atoms with van der Waals surface area (Å²) in [7, 11) is 0.